The number of amides is 1. The summed E-state index contributed by atoms with van der Waals surface area (Å²) in [6.07, 6.45) is 1.54. The van der Waals surface area contributed by atoms with Crippen LogP contribution in [0.4, 0.5) is 0 Å². The van der Waals surface area contributed by atoms with Crippen LogP contribution in [0.2, 0.25) is 0 Å². The molecule has 0 N–H and O–H groups in total. The van der Waals surface area contributed by atoms with Crippen LogP contribution < -0.4 is 0 Å². The number of benzene rings is 2. The molecule has 0 spiro atoms. The first kappa shape index (κ1) is 24.6. The quantitative estimate of drug-likeness (QED) is 0.579. The van der Waals surface area contributed by atoms with Crippen LogP contribution in [0.5, 0.6) is 0 Å². The van der Waals surface area contributed by atoms with Crippen molar-refractivity contribution in [1.29, 1.82) is 0 Å². The Balaban J connectivity index is 1.53. The zero-order chi connectivity index (χ0) is 24.6. The van der Waals surface area contributed by atoms with Crippen molar-refractivity contribution in [2.24, 2.45) is 10.5 Å². The van der Waals surface area contributed by atoms with Gasteiger partial charge in [-0.25, -0.2) is 17.7 Å². The van der Waals surface area contributed by atoms with Gasteiger partial charge in [0.1, 0.15) is 5.41 Å². The zero-order valence-electron chi connectivity index (χ0n) is 20.4. The molecule has 7 nitrogen and oxygen atoms in total. The molecule has 1 amide bonds. The highest BCUT2D eigenvalue weighted by atomic mass is 32.2. The van der Waals surface area contributed by atoms with Crippen molar-refractivity contribution in [2.75, 3.05) is 40.3 Å². The van der Waals surface area contributed by atoms with Crippen LogP contribution in [-0.2, 0) is 20.2 Å². The van der Waals surface area contributed by atoms with Crippen molar-refractivity contribution < 1.29 is 13.2 Å². The van der Waals surface area contributed by atoms with Gasteiger partial charge in [-0.2, -0.15) is 5.10 Å². The first-order valence-electron chi connectivity index (χ1n) is 11.7. The third-order valence-corrected chi connectivity index (χ3v) is 9.17. The van der Waals surface area contributed by atoms with E-state index < -0.39 is 20.9 Å². The molecule has 0 saturated carbocycles. The Bertz CT molecular complexity index is 1170. The average Bonchev–Trinajstić information content (AvgIpc) is 3.07. The number of hydrogen-bond acceptors (Lipinski definition) is 5. The summed E-state index contributed by atoms with van der Waals surface area (Å²) in [6.45, 7) is 6.72. The fourth-order valence-corrected chi connectivity index (χ4v) is 6.51. The summed E-state index contributed by atoms with van der Waals surface area (Å²) in [4.78, 5) is 15.4. The lowest BCUT2D eigenvalue weighted by Gasteiger charge is -2.40. The third-order valence-electron chi connectivity index (χ3n) is 7.35. The number of carbonyl (C=O) groups is 1. The number of nitrogens with zero attached hydrogens (tertiary/aromatic N) is 4. The summed E-state index contributed by atoms with van der Waals surface area (Å²) in [6, 6.07) is 18.7. The molecule has 4 rings (SSSR count). The second-order valence-electron chi connectivity index (χ2n) is 9.98. The molecule has 2 aliphatic rings. The normalized spacial score (nSPS) is 23.0. The SMILES string of the molecule is CN1N=C2CCN(CC[C@](C)(CN(C)S(=O)(=O)c3ccccc3)c3ccccc3)CC2(C)C1=O. The maximum absolute atomic E-state index is 13.2. The minimum absolute atomic E-state index is 0.0479. The largest absolute Gasteiger partial charge is 0.301 e. The molecule has 34 heavy (non-hydrogen) atoms. The van der Waals surface area contributed by atoms with Crippen LogP contribution >= 0.6 is 0 Å². The highest BCUT2D eigenvalue weighted by Gasteiger charge is 2.49. The lowest BCUT2D eigenvalue weighted by molar-refractivity contribution is -0.135. The molecule has 1 saturated heterocycles. The molecule has 2 aliphatic heterocycles. The van der Waals surface area contributed by atoms with Crippen molar-refractivity contribution in [3.63, 3.8) is 0 Å². The number of sulfonamides is 1. The molecule has 0 bridgehead atoms. The van der Waals surface area contributed by atoms with Gasteiger partial charge in [0.2, 0.25) is 10.0 Å². The van der Waals surface area contributed by atoms with Gasteiger partial charge >= 0.3 is 0 Å². The van der Waals surface area contributed by atoms with E-state index in [1.807, 2.05) is 31.2 Å². The summed E-state index contributed by atoms with van der Waals surface area (Å²) in [5.74, 6) is 0.0479. The van der Waals surface area contributed by atoms with Gasteiger partial charge in [-0.15, -0.1) is 0 Å². The monoisotopic (exact) mass is 482 g/mol. The predicted molar refractivity (Wildman–Crippen MR) is 134 cm³/mol. The van der Waals surface area contributed by atoms with Crippen molar-refractivity contribution in [1.82, 2.24) is 14.2 Å². The van der Waals surface area contributed by atoms with Gasteiger partial charge in [0.15, 0.2) is 0 Å². The lowest BCUT2D eigenvalue weighted by Crippen LogP contribution is -2.52. The van der Waals surface area contributed by atoms with Crippen LogP contribution in [0.1, 0.15) is 32.3 Å². The lowest BCUT2D eigenvalue weighted by atomic mass is 9.77. The molecule has 1 unspecified atom stereocenters. The highest BCUT2D eigenvalue weighted by Crippen LogP contribution is 2.36. The number of rotatable bonds is 8. The summed E-state index contributed by atoms with van der Waals surface area (Å²) >= 11 is 0. The molecule has 0 aliphatic carbocycles. The van der Waals surface area contributed by atoms with E-state index in [1.54, 1.807) is 38.4 Å². The van der Waals surface area contributed by atoms with E-state index in [0.29, 0.717) is 18.0 Å². The van der Waals surface area contributed by atoms with Gasteiger partial charge in [0.05, 0.1) is 10.6 Å². The fraction of sp³-hybridized carbons (Fsp3) is 0.462. The van der Waals surface area contributed by atoms with E-state index in [4.69, 9.17) is 0 Å². The smallest absolute Gasteiger partial charge is 0.255 e. The first-order chi connectivity index (χ1) is 16.1. The first-order valence-corrected chi connectivity index (χ1v) is 13.2. The number of likely N-dealkylation sites (tertiary alicyclic amines) is 1. The van der Waals surface area contributed by atoms with Gasteiger partial charge in [-0.3, -0.25) is 4.79 Å². The molecular weight excluding hydrogens is 448 g/mol. The number of carbonyl (C=O) groups excluding carboxylic acids is 1. The van der Waals surface area contributed by atoms with Crippen LogP contribution in [0, 0.1) is 5.41 Å². The maximum Gasteiger partial charge on any atom is 0.255 e. The van der Waals surface area contributed by atoms with Crippen LogP contribution in [0.25, 0.3) is 0 Å². The molecule has 2 heterocycles. The molecule has 1 fully saturated rings. The second-order valence-corrected chi connectivity index (χ2v) is 12.0. The number of hydrazone groups is 1. The molecule has 0 aromatic heterocycles. The van der Waals surface area contributed by atoms with Gasteiger partial charge in [0.25, 0.3) is 5.91 Å². The van der Waals surface area contributed by atoms with Gasteiger partial charge in [-0.05, 0) is 37.6 Å². The second kappa shape index (κ2) is 9.24. The summed E-state index contributed by atoms with van der Waals surface area (Å²) < 4.78 is 27.9. The molecule has 2 atom stereocenters. The Morgan fingerprint density at radius 1 is 1.09 bits per heavy atom. The number of hydrogen-bond donors (Lipinski definition) is 0. The summed E-state index contributed by atoms with van der Waals surface area (Å²) in [5, 5.41) is 5.92. The molecule has 8 heteroatoms. The highest BCUT2D eigenvalue weighted by molar-refractivity contribution is 7.89. The van der Waals surface area contributed by atoms with Gasteiger partial charge in [0, 0.05) is 45.6 Å². The van der Waals surface area contributed by atoms with Crippen LogP contribution in [0.15, 0.2) is 70.7 Å². The maximum atomic E-state index is 13.2. The number of fused-ring (bicyclic) bond motifs is 1. The number of likely N-dealkylation sites (N-methyl/N-ethyl adjacent to an activating group) is 1. The van der Waals surface area contributed by atoms with Crippen LogP contribution in [-0.4, -0.2) is 74.5 Å². The Morgan fingerprint density at radius 3 is 2.35 bits per heavy atom. The Labute approximate surface area is 203 Å². The van der Waals surface area contributed by atoms with Crippen LogP contribution in [0.3, 0.4) is 0 Å². The standard InChI is InChI=1S/C26H34N4O3S/c1-25(21-11-7-5-8-12-21,19-28(3)34(32,33)22-13-9-6-10-14-22)16-18-30-17-15-23-26(2,20-30)24(31)29(4)27-23/h5-14H,15-20H2,1-4H3/t25-,26?/m1/s1. The molecule has 182 valence electrons. The third kappa shape index (κ3) is 4.54. The van der Waals surface area contributed by atoms with E-state index in [1.165, 1.54) is 9.31 Å². The summed E-state index contributed by atoms with van der Waals surface area (Å²) in [7, 11) is -0.230. The minimum atomic E-state index is -3.60. The van der Waals surface area contributed by atoms with Crippen molar-refractivity contribution in [3.05, 3.63) is 66.2 Å². The van der Waals surface area contributed by atoms with E-state index in [2.05, 4.69) is 29.1 Å². The molecule has 0 radical (unpaired) electrons. The molecule has 2 aromatic rings. The van der Waals surface area contributed by atoms with Crippen molar-refractivity contribution >= 4 is 21.6 Å². The number of piperidine rings is 1. The van der Waals surface area contributed by atoms with Gasteiger partial charge in [-0.1, -0.05) is 55.5 Å². The van der Waals surface area contributed by atoms with E-state index in [-0.39, 0.29) is 5.91 Å². The van der Waals surface area contributed by atoms with Gasteiger partial charge < -0.3 is 4.90 Å². The van der Waals surface area contributed by atoms with E-state index in [9.17, 15) is 13.2 Å². The molecule has 2 aromatic carbocycles. The topological polar surface area (TPSA) is 73.3 Å². The average molecular weight is 483 g/mol. The molecular formula is C26H34N4O3S. The Hall–Kier alpha value is -2.55. The fourth-order valence-electron chi connectivity index (χ4n) is 5.19. The predicted octanol–water partition coefficient (Wildman–Crippen LogP) is 3.20. The van der Waals surface area contributed by atoms with E-state index in [0.717, 1.165) is 37.2 Å². The minimum Gasteiger partial charge on any atom is -0.301 e. The van der Waals surface area contributed by atoms with Crippen molar-refractivity contribution in [2.45, 2.75) is 37.0 Å². The summed E-state index contributed by atoms with van der Waals surface area (Å²) in [5.41, 5.74) is 1.11. The van der Waals surface area contributed by atoms with E-state index >= 15 is 0 Å². The Morgan fingerprint density at radius 2 is 1.71 bits per heavy atom. The van der Waals surface area contributed by atoms with Crippen molar-refractivity contribution in [3.8, 4) is 0 Å². The Kier molecular flexibility index (Phi) is 6.68. The zero-order valence-corrected chi connectivity index (χ0v) is 21.3.